The average Bonchev–Trinajstić information content (AvgIpc) is 2.37. The fourth-order valence-electron chi connectivity index (χ4n) is 0.976. The molecule has 12 heavy (non-hydrogen) atoms. The van der Waals surface area contributed by atoms with E-state index in [-0.39, 0.29) is 6.04 Å². The van der Waals surface area contributed by atoms with Crippen LogP contribution in [0.1, 0.15) is 10.9 Å². The number of nitrogens with zero attached hydrogens (tertiary/aromatic N) is 1. The Morgan fingerprint density at radius 1 is 1.50 bits per heavy atom. The van der Waals surface area contributed by atoms with Gasteiger partial charge in [-0.15, -0.1) is 22.9 Å². The number of halogens is 2. The molecular formula is C8H11Cl2NS. The molecule has 1 heterocycles. The van der Waals surface area contributed by atoms with E-state index >= 15 is 0 Å². The Labute approximate surface area is 86.9 Å². The second-order valence-corrected chi connectivity index (χ2v) is 4.83. The van der Waals surface area contributed by atoms with Crippen molar-refractivity contribution in [2.75, 3.05) is 20.0 Å². The van der Waals surface area contributed by atoms with E-state index in [9.17, 15) is 0 Å². The third kappa shape index (κ3) is 2.36. The van der Waals surface area contributed by atoms with Crippen LogP contribution in [0.15, 0.2) is 12.1 Å². The number of alkyl halides is 1. The number of hydrogen-bond acceptors (Lipinski definition) is 2. The lowest BCUT2D eigenvalue weighted by atomic mass is 10.2. The van der Waals surface area contributed by atoms with Gasteiger partial charge in [0, 0.05) is 10.8 Å². The highest BCUT2D eigenvalue weighted by Gasteiger charge is 2.14. The predicted molar refractivity (Wildman–Crippen MR) is 56.5 cm³/mol. The molecule has 68 valence electrons. The van der Waals surface area contributed by atoms with E-state index in [1.807, 2.05) is 26.2 Å². The molecule has 0 saturated heterocycles. The van der Waals surface area contributed by atoms with Crippen LogP contribution in [-0.4, -0.2) is 24.9 Å². The Hall–Kier alpha value is 0.240. The van der Waals surface area contributed by atoms with Crippen molar-refractivity contribution in [3.05, 3.63) is 21.3 Å². The van der Waals surface area contributed by atoms with Crippen molar-refractivity contribution in [2.24, 2.45) is 0 Å². The number of rotatable bonds is 3. The van der Waals surface area contributed by atoms with Gasteiger partial charge in [-0.3, -0.25) is 0 Å². The lowest BCUT2D eigenvalue weighted by Crippen LogP contribution is -2.20. The summed E-state index contributed by atoms with van der Waals surface area (Å²) in [6.07, 6.45) is 0. The van der Waals surface area contributed by atoms with Crippen molar-refractivity contribution in [3.63, 3.8) is 0 Å². The zero-order valence-corrected chi connectivity index (χ0v) is 9.38. The summed E-state index contributed by atoms with van der Waals surface area (Å²) in [5, 5.41) is 0. The van der Waals surface area contributed by atoms with Gasteiger partial charge >= 0.3 is 0 Å². The molecule has 0 spiro atoms. The highest BCUT2D eigenvalue weighted by atomic mass is 35.5. The molecule has 1 aromatic rings. The van der Waals surface area contributed by atoms with E-state index in [1.165, 1.54) is 4.88 Å². The van der Waals surface area contributed by atoms with Crippen molar-refractivity contribution in [3.8, 4) is 0 Å². The van der Waals surface area contributed by atoms with Crippen LogP contribution in [0, 0.1) is 0 Å². The molecule has 1 atom stereocenters. The zero-order valence-electron chi connectivity index (χ0n) is 7.05. The summed E-state index contributed by atoms with van der Waals surface area (Å²) < 4.78 is 0.821. The molecule has 0 amide bonds. The Morgan fingerprint density at radius 3 is 2.50 bits per heavy atom. The summed E-state index contributed by atoms with van der Waals surface area (Å²) in [6, 6.07) is 4.22. The summed E-state index contributed by atoms with van der Waals surface area (Å²) >= 11 is 13.2. The minimum absolute atomic E-state index is 0.282. The van der Waals surface area contributed by atoms with Crippen LogP contribution in [0.25, 0.3) is 0 Å². The normalized spacial score (nSPS) is 13.8. The van der Waals surface area contributed by atoms with Gasteiger partial charge in [0.25, 0.3) is 0 Å². The minimum Gasteiger partial charge on any atom is -0.301 e. The van der Waals surface area contributed by atoms with Gasteiger partial charge < -0.3 is 4.90 Å². The molecule has 0 aliphatic rings. The fourth-order valence-corrected chi connectivity index (χ4v) is 2.77. The number of hydrogen-bond donors (Lipinski definition) is 0. The third-order valence-electron chi connectivity index (χ3n) is 1.69. The van der Waals surface area contributed by atoms with Crippen LogP contribution < -0.4 is 0 Å². The van der Waals surface area contributed by atoms with E-state index in [4.69, 9.17) is 23.2 Å². The van der Waals surface area contributed by atoms with Crippen LogP contribution in [0.4, 0.5) is 0 Å². The van der Waals surface area contributed by atoms with E-state index in [2.05, 4.69) is 4.90 Å². The molecule has 1 nitrogen and oxygen atoms in total. The van der Waals surface area contributed by atoms with Crippen LogP contribution >= 0.6 is 34.5 Å². The monoisotopic (exact) mass is 223 g/mol. The van der Waals surface area contributed by atoms with E-state index in [0.717, 1.165) is 4.34 Å². The SMILES string of the molecule is CN(C)C(CCl)c1ccc(Cl)s1. The van der Waals surface area contributed by atoms with E-state index in [0.29, 0.717) is 5.88 Å². The zero-order chi connectivity index (χ0) is 9.14. The van der Waals surface area contributed by atoms with Gasteiger partial charge in [0.05, 0.1) is 10.4 Å². The van der Waals surface area contributed by atoms with Gasteiger partial charge in [-0.05, 0) is 26.2 Å². The lowest BCUT2D eigenvalue weighted by molar-refractivity contribution is 0.329. The van der Waals surface area contributed by atoms with E-state index < -0.39 is 0 Å². The van der Waals surface area contributed by atoms with E-state index in [1.54, 1.807) is 11.3 Å². The van der Waals surface area contributed by atoms with Gasteiger partial charge in [-0.2, -0.15) is 0 Å². The Kier molecular flexibility index (Phi) is 3.84. The average molecular weight is 224 g/mol. The summed E-state index contributed by atoms with van der Waals surface area (Å²) in [6.45, 7) is 0. The minimum atomic E-state index is 0.282. The smallest absolute Gasteiger partial charge is 0.0931 e. The predicted octanol–water partition coefficient (Wildman–Crippen LogP) is 3.24. The molecule has 0 aliphatic heterocycles. The Morgan fingerprint density at radius 2 is 2.17 bits per heavy atom. The van der Waals surface area contributed by atoms with Crippen molar-refractivity contribution < 1.29 is 0 Å². The molecule has 0 bridgehead atoms. The Bertz CT molecular complexity index is 247. The van der Waals surface area contributed by atoms with Gasteiger partial charge in [-0.25, -0.2) is 0 Å². The molecule has 0 N–H and O–H groups in total. The van der Waals surface area contributed by atoms with Crippen LogP contribution in [-0.2, 0) is 0 Å². The van der Waals surface area contributed by atoms with Crippen LogP contribution in [0.3, 0.4) is 0 Å². The molecule has 1 rings (SSSR count). The first-order chi connectivity index (χ1) is 5.65. The number of thiophene rings is 1. The molecule has 4 heteroatoms. The quantitative estimate of drug-likeness (QED) is 0.712. The standard InChI is InChI=1S/C8H11Cl2NS/c1-11(2)6(5-9)7-3-4-8(10)12-7/h3-4,6H,5H2,1-2H3. The first-order valence-electron chi connectivity index (χ1n) is 3.62. The highest BCUT2D eigenvalue weighted by molar-refractivity contribution is 7.16. The molecule has 0 aromatic carbocycles. The molecule has 1 aromatic heterocycles. The molecule has 0 radical (unpaired) electrons. The van der Waals surface area contributed by atoms with Crippen LogP contribution in [0.5, 0.6) is 0 Å². The van der Waals surface area contributed by atoms with Gasteiger partial charge in [-0.1, -0.05) is 11.6 Å². The van der Waals surface area contributed by atoms with Crippen molar-refractivity contribution in [1.29, 1.82) is 0 Å². The van der Waals surface area contributed by atoms with Gasteiger partial charge in [0.15, 0.2) is 0 Å². The maximum absolute atomic E-state index is 5.83. The Balaban J connectivity index is 2.80. The van der Waals surface area contributed by atoms with Crippen LogP contribution in [0.2, 0.25) is 4.34 Å². The highest BCUT2D eigenvalue weighted by Crippen LogP contribution is 2.29. The first-order valence-corrected chi connectivity index (χ1v) is 5.35. The second kappa shape index (κ2) is 4.47. The summed E-state index contributed by atoms with van der Waals surface area (Å²) in [7, 11) is 4.03. The summed E-state index contributed by atoms with van der Waals surface area (Å²) in [5.74, 6) is 0.601. The third-order valence-corrected chi connectivity index (χ3v) is 3.32. The lowest BCUT2D eigenvalue weighted by Gasteiger charge is -2.20. The largest absolute Gasteiger partial charge is 0.301 e. The fraction of sp³-hybridized carbons (Fsp3) is 0.500. The topological polar surface area (TPSA) is 3.24 Å². The maximum atomic E-state index is 5.83. The van der Waals surface area contributed by atoms with Crippen molar-refractivity contribution in [2.45, 2.75) is 6.04 Å². The molecule has 0 fully saturated rings. The molecular weight excluding hydrogens is 213 g/mol. The van der Waals surface area contributed by atoms with Gasteiger partial charge in [0.2, 0.25) is 0 Å². The first kappa shape index (κ1) is 10.3. The molecule has 0 saturated carbocycles. The van der Waals surface area contributed by atoms with Crippen molar-refractivity contribution >= 4 is 34.5 Å². The summed E-state index contributed by atoms with van der Waals surface area (Å²) in [5.41, 5.74) is 0. The second-order valence-electron chi connectivity index (χ2n) is 2.78. The van der Waals surface area contributed by atoms with Crippen molar-refractivity contribution in [1.82, 2.24) is 4.90 Å². The van der Waals surface area contributed by atoms with Gasteiger partial charge in [0.1, 0.15) is 0 Å². The maximum Gasteiger partial charge on any atom is 0.0931 e. The molecule has 0 aliphatic carbocycles. The molecule has 1 unspecified atom stereocenters. The summed E-state index contributed by atoms with van der Waals surface area (Å²) in [4.78, 5) is 3.31.